The summed E-state index contributed by atoms with van der Waals surface area (Å²) in [7, 11) is 0. The third kappa shape index (κ3) is 3.95. The van der Waals surface area contributed by atoms with Gasteiger partial charge in [0.1, 0.15) is 0 Å². The van der Waals surface area contributed by atoms with E-state index in [9.17, 15) is 5.11 Å². The molecule has 0 saturated carbocycles. The molecule has 92 valence electrons. The maximum atomic E-state index is 10.0. The van der Waals surface area contributed by atoms with Crippen molar-refractivity contribution in [3.8, 4) is 0 Å². The molecule has 2 aliphatic heterocycles. The number of aliphatic hydroxyl groups excluding tert-OH is 1. The van der Waals surface area contributed by atoms with Crippen molar-refractivity contribution in [1.29, 1.82) is 0 Å². The molecular formula is C9H20Cl2N2OS. The van der Waals surface area contributed by atoms with Gasteiger partial charge in [0.2, 0.25) is 0 Å². The second-order valence-corrected chi connectivity index (χ2v) is 4.88. The van der Waals surface area contributed by atoms with Crippen LogP contribution >= 0.6 is 37.4 Å². The first-order valence-corrected chi connectivity index (χ1v) is 5.59. The third-order valence-corrected chi connectivity index (χ3v) is 3.53. The molecule has 0 aromatic heterocycles. The molecule has 3 N–H and O–H groups in total. The van der Waals surface area contributed by atoms with E-state index in [1.807, 2.05) is 0 Å². The Morgan fingerprint density at radius 2 is 2.00 bits per heavy atom. The first-order valence-electron chi connectivity index (χ1n) is 5.07. The minimum atomic E-state index is -0.188. The van der Waals surface area contributed by atoms with E-state index in [0.717, 1.165) is 32.5 Å². The first kappa shape index (κ1) is 15.8. The SMILES string of the molecule is Cl.Cl.OC([C@@H]1CCNC1)[C@@H]1C[C@H](S)CN1. The number of hydrogen-bond donors (Lipinski definition) is 4. The fourth-order valence-electron chi connectivity index (χ4n) is 2.30. The highest BCUT2D eigenvalue weighted by molar-refractivity contribution is 7.81. The molecular weight excluding hydrogens is 255 g/mol. The predicted octanol–water partition coefficient (Wildman–Crippen LogP) is 0.461. The second kappa shape index (κ2) is 7.20. The van der Waals surface area contributed by atoms with E-state index >= 15 is 0 Å². The average molecular weight is 275 g/mol. The van der Waals surface area contributed by atoms with Crippen LogP contribution in [0.5, 0.6) is 0 Å². The molecule has 0 spiro atoms. The maximum absolute atomic E-state index is 10.0. The van der Waals surface area contributed by atoms with Crippen LogP contribution in [0.1, 0.15) is 12.8 Å². The van der Waals surface area contributed by atoms with E-state index < -0.39 is 0 Å². The molecule has 2 saturated heterocycles. The van der Waals surface area contributed by atoms with Crippen LogP contribution in [0, 0.1) is 5.92 Å². The summed E-state index contributed by atoms with van der Waals surface area (Å²) >= 11 is 4.40. The number of nitrogens with one attached hydrogen (secondary N) is 2. The number of aliphatic hydroxyl groups is 1. The molecule has 0 aliphatic carbocycles. The van der Waals surface area contributed by atoms with Gasteiger partial charge in [0, 0.05) is 30.3 Å². The molecule has 15 heavy (non-hydrogen) atoms. The highest BCUT2D eigenvalue weighted by Crippen LogP contribution is 2.22. The molecule has 4 atom stereocenters. The summed E-state index contributed by atoms with van der Waals surface area (Å²) in [5.41, 5.74) is 0. The molecule has 0 aromatic carbocycles. The van der Waals surface area contributed by atoms with Gasteiger partial charge in [0.15, 0.2) is 0 Å². The smallest absolute Gasteiger partial charge is 0.0734 e. The highest BCUT2D eigenvalue weighted by Gasteiger charge is 2.33. The summed E-state index contributed by atoms with van der Waals surface area (Å²) in [5.74, 6) is 0.441. The molecule has 0 amide bonds. The van der Waals surface area contributed by atoms with Crippen LogP contribution in [0.3, 0.4) is 0 Å². The Hall–Kier alpha value is 0.810. The Bertz CT molecular complexity index is 181. The lowest BCUT2D eigenvalue weighted by Crippen LogP contribution is -2.40. The number of thiol groups is 1. The van der Waals surface area contributed by atoms with Crippen molar-refractivity contribution in [2.24, 2.45) is 5.92 Å². The Balaban J connectivity index is 0.000000980. The van der Waals surface area contributed by atoms with Crippen LogP contribution < -0.4 is 10.6 Å². The lowest BCUT2D eigenvalue weighted by atomic mass is 9.94. The van der Waals surface area contributed by atoms with Crippen molar-refractivity contribution in [3.63, 3.8) is 0 Å². The lowest BCUT2D eigenvalue weighted by molar-refractivity contribution is 0.0834. The molecule has 2 aliphatic rings. The summed E-state index contributed by atoms with van der Waals surface area (Å²) in [6.07, 6.45) is 1.92. The van der Waals surface area contributed by atoms with E-state index in [1.165, 1.54) is 0 Å². The zero-order valence-corrected chi connectivity index (χ0v) is 11.1. The van der Waals surface area contributed by atoms with E-state index in [4.69, 9.17) is 0 Å². The van der Waals surface area contributed by atoms with E-state index in [1.54, 1.807) is 0 Å². The summed E-state index contributed by atoms with van der Waals surface area (Å²) in [6, 6.07) is 0.271. The Kier molecular flexibility index (Phi) is 7.59. The second-order valence-electron chi connectivity index (χ2n) is 4.15. The van der Waals surface area contributed by atoms with Crippen LogP contribution in [-0.2, 0) is 0 Å². The van der Waals surface area contributed by atoms with Gasteiger partial charge < -0.3 is 15.7 Å². The fraction of sp³-hybridized carbons (Fsp3) is 1.00. The maximum Gasteiger partial charge on any atom is 0.0734 e. The minimum absolute atomic E-state index is 0. The molecule has 2 fully saturated rings. The molecule has 6 heteroatoms. The van der Waals surface area contributed by atoms with E-state index in [0.29, 0.717) is 11.2 Å². The molecule has 0 aromatic rings. The fourth-order valence-corrected chi connectivity index (χ4v) is 2.64. The Morgan fingerprint density at radius 1 is 1.27 bits per heavy atom. The van der Waals surface area contributed by atoms with Gasteiger partial charge in [-0.05, 0) is 19.4 Å². The van der Waals surface area contributed by atoms with Crippen LogP contribution in [0.15, 0.2) is 0 Å². The summed E-state index contributed by atoms with van der Waals surface area (Å²) in [4.78, 5) is 0. The highest BCUT2D eigenvalue weighted by atomic mass is 35.5. The van der Waals surface area contributed by atoms with Gasteiger partial charge in [0.25, 0.3) is 0 Å². The van der Waals surface area contributed by atoms with Gasteiger partial charge in [0.05, 0.1) is 6.10 Å². The van der Waals surface area contributed by atoms with Crippen molar-refractivity contribution in [2.45, 2.75) is 30.2 Å². The normalized spacial score (nSPS) is 36.8. The monoisotopic (exact) mass is 274 g/mol. The van der Waals surface area contributed by atoms with E-state index in [-0.39, 0.29) is 37.0 Å². The van der Waals surface area contributed by atoms with Gasteiger partial charge in [-0.2, -0.15) is 12.6 Å². The largest absolute Gasteiger partial charge is 0.391 e. The van der Waals surface area contributed by atoms with Crippen LogP contribution in [0.25, 0.3) is 0 Å². The number of halogens is 2. The van der Waals surface area contributed by atoms with Crippen LogP contribution in [0.2, 0.25) is 0 Å². The first-order chi connectivity index (χ1) is 6.27. The third-order valence-electron chi connectivity index (χ3n) is 3.14. The molecule has 3 nitrogen and oxygen atoms in total. The van der Waals surface area contributed by atoms with Crippen molar-refractivity contribution in [1.82, 2.24) is 10.6 Å². The number of rotatable bonds is 2. The van der Waals surface area contributed by atoms with Crippen molar-refractivity contribution < 1.29 is 5.11 Å². The lowest BCUT2D eigenvalue weighted by Gasteiger charge is -2.23. The van der Waals surface area contributed by atoms with Gasteiger partial charge in [-0.15, -0.1) is 24.8 Å². The predicted molar refractivity (Wildman–Crippen MR) is 70.7 cm³/mol. The molecule has 2 rings (SSSR count). The van der Waals surface area contributed by atoms with Gasteiger partial charge in [-0.3, -0.25) is 0 Å². The minimum Gasteiger partial charge on any atom is -0.391 e. The molecule has 0 radical (unpaired) electrons. The number of hydrogen-bond acceptors (Lipinski definition) is 4. The standard InChI is InChI=1S/C9H18N2OS.2ClH/c12-9(6-1-2-10-4-6)8-3-7(13)5-11-8;;/h6-13H,1-5H2;2*1H/t6-,7+,8+,9?;;/m1../s1. The average Bonchev–Trinajstić information content (AvgIpc) is 2.72. The molecule has 0 bridgehead atoms. The zero-order valence-electron chi connectivity index (χ0n) is 8.56. The van der Waals surface area contributed by atoms with Gasteiger partial charge in [-0.25, -0.2) is 0 Å². The Labute approximate surface area is 109 Å². The topological polar surface area (TPSA) is 44.3 Å². The van der Waals surface area contributed by atoms with Crippen molar-refractivity contribution >= 4 is 37.4 Å². The van der Waals surface area contributed by atoms with Gasteiger partial charge in [-0.1, -0.05) is 0 Å². The molecule has 1 unspecified atom stereocenters. The summed E-state index contributed by atoms with van der Waals surface area (Å²) in [6.45, 7) is 2.96. The van der Waals surface area contributed by atoms with Crippen molar-refractivity contribution in [3.05, 3.63) is 0 Å². The zero-order chi connectivity index (χ0) is 9.26. The summed E-state index contributed by atoms with van der Waals surface area (Å²) < 4.78 is 0. The summed E-state index contributed by atoms with van der Waals surface area (Å²) in [5, 5.41) is 17.1. The van der Waals surface area contributed by atoms with Crippen molar-refractivity contribution in [2.75, 3.05) is 19.6 Å². The van der Waals surface area contributed by atoms with Gasteiger partial charge >= 0.3 is 0 Å². The quantitative estimate of drug-likeness (QED) is 0.554. The van der Waals surface area contributed by atoms with Crippen LogP contribution in [0.4, 0.5) is 0 Å². The van der Waals surface area contributed by atoms with E-state index in [2.05, 4.69) is 23.3 Å². The van der Waals surface area contributed by atoms with Crippen LogP contribution in [-0.4, -0.2) is 42.1 Å². The Morgan fingerprint density at radius 3 is 2.47 bits per heavy atom. The molecule has 2 heterocycles.